The van der Waals surface area contributed by atoms with E-state index >= 15 is 0 Å². The minimum absolute atomic E-state index is 0.0819. The Hall–Kier alpha value is -3.06. The van der Waals surface area contributed by atoms with Gasteiger partial charge in [0, 0.05) is 36.5 Å². The van der Waals surface area contributed by atoms with Crippen molar-refractivity contribution < 1.29 is 9.90 Å². The molecule has 0 unspecified atom stereocenters. The van der Waals surface area contributed by atoms with Gasteiger partial charge in [-0.1, -0.05) is 0 Å². The molecule has 1 amide bonds. The molecular weight excluding hydrogens is 344 g/mol. The molecule has 7 heteroatoms. The number of rotatable bonds is 3. The molecule has 0 saturated heterocycles. The van der Waals surface area contributed by atoms with Crippen LogP contribution in [0.2, 0.25) is 0 Å². The second kappa shape index (κ2) is 7.28. The van der Waals surface area contributed by atoms with Gasteiger partial charge < -0.3 is 15.0 Å². The van der Waals surface area contributed by atoms with Gasteiger partial charge in [0.1, 0.15) is 11.2 Å². The fourth-order valence-electron chi connectivity index (χ4n) is 3.59. The van der Waals surface area contributed by atoms with Gasteiger partial charge in [0.25, 0.3) is 5.91 Å². The average molecular weight is 364 g/mol. The van der Waals surface area contributed by atoms with Gasteiger partial charge in [-0.25, -0.2) is 4.98 Å². The number of anilines is 1. The quantitative estimate of drug-likeness (QED) is 0.744. The summed E-state index contributed by atoms with van der Waals surface area (Å²) >= 11 is 0. The van der Waals surface area contributed by atoms with Crippen molar-refractivity contribution in [3.8, 4) is 0 Å². The van der Waals surface area contributed by atoms with E-state index in [1.165, 1.54) is 0 Å². The number of amides is 1. The van der Waals surface area contributed by atoms with Crippen LogP contribution in [0.25, 0.3) is 11.0 Å². The molecule has 3 aromatic rings. The third-order valence-corrected chi connectivity index (χ3v) is 5.03. The van der Waals surface area contributed by atoms with E-state index in [2.05, 4.69) is 15.3 Å². The van der Waals surface area contributed by atoms with Gasteiger partial charge in [-0.3, -0.25) is 14.6 Å². The van der Waals surface area contributed by atoms with E-state index in [9.17, 15) is 14.7 Å². The first-order valence-corrected chi connectivity index (χ1v) is 9.03. The second-order valence-electron chi connectivity index (χ2n) is 6.81. The van der Waals surface area contributed by atoms with Gasteiger partial charge in [0.15, 0.2) is 0 Å². The number of aliphatic hydroxyl groups is 1. The van der Waals surface area contributed by atoms with E-state index in [-0.39, 0.29) is 23.1 Å². The molecule has 1 aliphatic carbocycles. The SMILES string of the molecule is O=C(Nc1ccncc1)c1cn([C@H]2CC[C@@H](O)CC2)c2ncccc2c1=O. The van der Waals surface area contributed by atoms with Crippen molar-refractivity contribution in [3.63, 3.8) is 0 Å². The minimum atomic E-state index is -0.457. The van der Waals surface area contributed by atoms with Crippen LogP contribution in [-0.4, -0.2) is 31.7 Å². The van der Waals surface area contributed by atoms with Crippen LogP contribution in [0.5, 0.6) is 0 Å². The lowest BCUT2D eigenvalue weighted by molar-refractivity contribution is 0.102. The fourth-order valence-corrected chi connectivity index (χ4v) is 3.59. The molecule has 2 N–H and O–H groups in total. The molecule has 27 heavy (non-hydrogen) atoms. The van der Waals surface area contributed by atoms with Crippen molar-refractivity contribution in [2.75, 3.05) is 5.32 Å². The first-order chi connectivity index (χ1) is 13.1. The molecule has 0 aromatic carbocycles. The molecule has 0 bridgehead atoms. The number of pyridine rings is 3. The zero-order valence-electron chi connectivity index (χ0n) is 14.7. The van der Waals surface area contributed by atoms with Crippen molar-refractivity contribution in [2.24, 2.45) is 0 Å². The normalized spacial score (nSPS) is 19.7. The first-order valence-electron chi connectivity index (χ1n) is 9.03. The molecule has 0 aliphatic heterocycles. The Morgan fingerprint density at radius 1 is 1.11 bits per heavy atom. The maximum absolute atomic E-state index is 12.9. The number of nitrogens with zero attached hydrogens (tertiary/aromatic N) is 3. The number of aliphatic hydroxyl groups excluding tert-OH is 1. The van der Waals surface area contributed by atoms with E-state index in [0.717, 1.165) is 12.8 Å². The summed E-state index contributed by atoms with van der Waals surface area (Å²) in [5.41, 5.74) is 0.896. The van der Waals surface area contributed by atoms with E-state index < -0.39 is 5.91 Å². The van der Waals surface area contributed by atoms with E-state index in [4.69, 9.17) is 0 Å². The zero-order valence-corrected chi connectivity index (χ0v) is 14.7. The van der Waals surface area contributed by atoms with Crippen molar-refractivity contribution in [2.45, 2.75) is 37.8 Å². The zero-order chi connectivity index (χ0) is 18.8. The summed E-state index contributed by atoms with van der Waals surface area (Å²) < 4.78 is 1.92. The van der Waals surface area contributed by atoms with Crippen molar-refractivity contribution in [1.29, 1.82) is 0 Å². The van der Waals surface area contributed by atoms with Crippen LogP contribution >= 0.6 is 0 Å². The highest BCUT2D eigenvalue weighted by atomic mass is 16.3. The Labute approximate surface area is 155 Å². The summed E-state index contributed by atoms with van der Waals surface area (Å²) in [7, 11) is 0. The number of hydrogen-bond donors (Lipinski definition) is 2. The molecule has 1 fully saturated rings. The fraction of sp³-hybridized carbons (Fsp3) is 0.300. The van der Waals surface area contributed by atoms with E-state index in [0.29, 0.717) is 29.6 Å². The molecule has 1 saturated carbocycles. The number of carbonyl (C=O) groups excluding carboxylic acids is 1. The second-order valence-corrected chi connectivity index (χ2v) is 6.81. The molecule has 0 spiro atoms. The molecule has 3 heterocycles. The number of fused-ring (bicyclic) bond motifs is 1. The van der Waals surface area contributed by atoms with Crippen LogP contribution in [0.4, 0.5) is 5.69 Å². The van der Waals surface area contributed by atoms with Crippen LogP contribution in [0.15, 0.2) is 53.8 Å². The van der Waals surface area contributed by atoms with Gasteiger partial charge >= 0.3 is 0 Å². The predicted octanol–water partition coefficient (Wildman–Crippen LogP) is 2.52. The average Bonchev–Trinajstić information content (AvgIpc) is 2.70. The van der Waals surface area contributed by atoms with Crippen molar-refractivity contribution in [3.05, 3.63) is 64.8 Å². The van der Waals surface area contributed by atoms with Crippen LogP contribution in [-0.2, 0) is 0 Å². The number of aromatic nitrogens is 3. The van der Waals surface area contributed by atoms with Gasteiger partial charge in [0.2, 0.25) is 5.43 Å². The van der Waals surface area contributed by atoms with Gasteiger partial charge in [-0.2, -0.15) is 0 Å². The molecular formula is C20H20N4O3. The van der Waals surface area contributed by atoms with Crippen molar-refractivity contribution >= 4 is 22.6 Å². The van der Waals surface area contributed by atoms with Gasteiger partial charge in [-0.15, -0.1) is 0 Å². The summed E-state index contributed by atoms with van der Waals surface area (Å²) in [5, 5.41) is 13.0. The lowest BCUT2D eigenvalue weighted by Gasteiger charge is -2.28. The highest BCUT2D eigenvalue weighted by Gasteiger charge is 2.24. The van der Waals surface area contributed by atoms with Crippen LogP contribution in [0, 0.1) is 0 Å². The number of nitrogens with one attached hydrogen (secondary N) is 1. The summed E-state index contributed by atoms with van der Waals surface area (Å²) in [6, 6.07) is 6.83. The smallest absolute Gasteiger partial charge is 0.261 e. The Morgan fingerprint density at radius 3 is 2.59 bits per heavy atom. The van der Waals surface area contributed by atoms with Crippen LogP contribution in [0.3, 0.4) is 0 Å². The Morgan fingerprint density at radius 2 is 1.85 bits per heavy atom. The third kappa shape index (κ3) is 3.46. The van der Waals surface area contributed by atoms with Crippen molar-refractivity contribution in [1.82, 2.24) is 14.5 Å². The lowest BCUT2D eigenvalue weighted by Crippen LogP contribution is -2.27. The molecule has 3 aromatic heterocycles. The molecule has 7 nitrogen and oxygen atoms in total. The van der Waals surface area contributed by atoms with Crippen LogP contribution < -0.4 is 10.7 Å². The molecule has 0 atom stereocenters. The summed E-state index contributed by atoms with van der Waals surface area (Å²) in [6.07, 6.45) is 9.07. The Kier molecular flexibility index (Phi) is 4.68. The van der Waals surface area contributed by atoms with Crippen LogP contribution in [0.1, 0.15) is 42.1 Å². The molecule has 0 radical (unpaired) electrons. The largest absolute Gasteiger partial charge is 0.393 e. The number of carbonyl (C=O) groups is 1. The van der Waals surface area contributed by atoms with Gasteiger partial charge in [0.05, 0.1) is 11.5 Å². The molecule has 1 aliphatic rings. The topological polar surface area (TPSA) is 97.1 Å². The van der Waals surface area contributed by atoms with Gasteiger partial charge in [-0.05, 0) is 49.9 Å². The maximum Gasteiger partial charge on any atom is 0.261 e. The standard InChI is InChI=1S/C20H20N4O3/c25-15-5-3-14(4-6-15)24-12-17(18(26)16-2-1-9-22-19(16)24)20(27)23-13-7-10-21-11-8-13/h1-2,7-12,14-15,25H,3-6H2,(H,21,23,27)/t14-,15+. The number of hydrogen-bond acceptors (Lipinski definition) is 5. The third-order valence-electron chi connectivity index (χ3n) is 5.03. The first kappa shape index (κ1) is 17.4. The highest BCUT2D eigenvalue weighted by Crippen LogP contribution is 2.30. The molecule has 4 rings (SSSR count). The minimum Gasteiger partial charge on any atom is -0.393 e. The summed E-state index contributed by atoms with van der Waals surface area (Å²) in [6.45, 7) is 0. The maximum atomic E-state index is 12.9. The Balaban J connectivity index is 1.78. The lowest BCUT2D eigenvalue weighted by atomic mass is 9.92. The Bertz CT molecular complexity index is 1020. The van der Waals surface area contributed by atoms with E-state index in [1.807, 2.05) is 4.57 Å². The highest BCUT2D eigenvalue weighted by molar-refractivity contribution is 6.05. The molecule has 138 valence electrons. The summed E-state index contributed by atoms with van der Waals surface area (Å²) in [4.78, 5) is 33.9. The van der Waals surface area contributed by atoms with E-state index in [1.54, 1.807) is 49.1 Å². The monoisotopic (exact) mass is 364 g/mol. The summed E-state index contributed by atoms with van der Waals surface area (Å²) in [5.74, 6) is -0.457. The predicted molar refractivity (Wildman–Crippen MR) is 102 cm³/mol.